The summed E-state index contributed by atoms with van der Waals surface area (Å²) in [5.41, 5.74) is 12.3. The van der Waals surface area contributed by atoms with E-state index in [2.05, 4.69) is 59.3 Å². The number of nitriles is 1. The molecule has 3 atom stereocenters. The van der Waals surface area contributed by atoms with Gasteiger partial charge in [-0.25, -0.2) is 19.3 Å². The first kappa shape index (κ1) is 31.5. The molecule has 3 unspecified atom stereocenters. The highest BCUT2D eigenvalue weighted by Crippen LogP contribution is 2.40. The largest absolute Gasteiger partial charge is 0.398 e. The van der Waals surface area contributed by atoms with Gasteiger partial charge in [0.15, 0.2) is 0 Å². The van der Waals surface area contributed by atoms with Crippen LogP contribution < -0.4 is 10.6 Å². The van der Waals surface area contributed by atoms with E-state index in [-0.39, 0.29) is 5.54 Å². The van der Waals surface area contributed by atoms with Crippen molar-refractivity contribution >= 4 is 11.5 Å². The van der Waals surface area contributed by atoms with Crippen LogP contribution in [0, 0.1) is 11.3 Å². The van der Waals surface area contributed by atoms with Crippen LogP contribution in [-0.4, -0.2) is 62.3 Å². The third kappa shape index (κ3) is 6.31. The number of aryl methyl sites for hydroxylation is 2. The van der Waals surface area contributed by atoms with E-state index in [0.29, 0.717) is 36.1 Å². The third-order valence-corrected chi connectivity index (χ3v) is 10.8. The summed E-state index contributed by atoms with van der Waals surface area (Å²) in [7, 11) is 2.06. The number of hydrogen-bond donors (Lipinski definition) is 1. The molecule has 3 aromatic rings. The van der Waals surface area contributed by atoms with Gasteiger partial charge in [-0.2, -0.15) is 5.26 Å². The monoisotopic (exact) mass is 612 g/mol. The highest BCUT2D eigenvalue weighted by Gasteiger charge is 2.44. The van der Waals surface area contributed by atoms with Crippen LogP contribution in [0.1, 0.15) is 117 Å². The van der Waals surface area contributed by atoms with Crippen molar-refractivity contribution in [2.24, 2.45) is 7.05 Å². The van der Waals surface area contributed by atoms with Crippen molar-refractivity contribution in [2.75, 3.05) is 36.8 Å². The van der Waals surface area contributed by atoms with Crippen LogP contribution >= 0.6 is 0 Å². The van der Waals surface area contributed by atoms with Crippen molar-refractivity contribution in [3.8, 4) is 6.07 Å². The molecule has 1 aliphatic carbocycles. The highest BCUT2D eigenvalue weighted by atomic mass is 19.1. The van der Waals surface area contributed by atoms with E-state index in [1.165, 1.54) is 36.8 Å². The molecule has 8 nitrogen and oxygen atoms in total. The Balaban J connectivity index is 0.000000301. The zero-order chi connectivity index (χ0) is 31.7. The quantitative estimate of drug-likeness (QED) is 0.351. The number of nitrogens with two attached hydrogens (primary N) is 1. The molecule has 9 heteroatoms. The molecular formula is C36H49FN8. The first-order chi connectivity index (χ1) is 21.7. The number of nitrogens with zero attached hydrogens (tertiary/aromatic N) is 7. The molecule has 2 aromatic heterocycles. The fourth-order valence-corrected chi connectivity index (χ4v) is 8.10. The Morgan fingerprint density at radius 2 is 1.93 bits per heavy atom. The Labute approximate surface area is 267 Å². The average molecular weight is 613 g/mol. The third-order valence-electron chi connectivity index (χ3n) is 10.8. The molecule has 4 aliphatic rings. The number of rotatable bonds is 3. The molecule has 0 bridgehead atoms. The number of hydrogen-bond acceptors (Lipinski definition) is 7. The van der Waals surface area contributed by atoms with Crippen LogP contribution in [-0.2, 0) is 26.3 Å². The fourth-order valence-electron chi connectivity index (χ4n) is 8.10. The number of imidazole rings is 1. The summed E-state index contributed by atoms with van der Waals surface area (Å²) in [6.45, 7) is 10.2. The van der Waals surface area contributed by atoms with Crippen LogP contribution in [0.5, 0.6) is 0 Å². The summed E-state index contributed by atoms with van der Waals surface area (Å²) >= 11 is 0. The minimum atomic E-state index is -0.551. The molecule has 0 radical (unpaired) electrons. The molecule has 3 aliphatic heterocycles. The number of fused-ring (bicyclic) bond motifs is 3. The molecule has 1 aromatic carbocycles. The molecule has 2 N–H and O–H groups in total. The van der Waals surface area contributed by atoms with Gasteiger partial charge in [0.2, 0.25) is 0 Å². The minimum absolute atomic E-state index is 0.236. The van der Waals surface area contributed by atoms with Crippen LogP contribution in [0.15, 0.2) is 24.5 Å². The van der Waals surface area contributed by atoms with Gasteiger partial charge in [-0.1, -0.05) is 32.8 Å². The normalized spacial score (nSPS) is 25.2. The molecule has 5 heterocycles. The standard InChI is InChI=1S/C28H35N7.C8H14FN/c1-4-26-32-25-14-22-20(10-11-24(30)23(22)15-29)18(2)8-6-5-7-9-21(25)28(33-26)35-16-19(17-35)27-31-12-13-34(27)3;1-8-3-2-4-10(8)6-7(9)5-8/h10-13,18-19H,4-9,14,16-17,30H2,1-3H3;7H,2-6H2,1H3. The zero-order valence-corrected chi connectivity index (χ0v) is 27.5. The van der Waals surface area contributed by atoms with E-state index in [9.17, 15) is 9.65 Å². The summed E-state index contributed by atoms with van der Waals surface area (Å²) in [5, 5.41) is 10.0. The van der Waals surface area contributed by atoms with Crippen molar-refractivity contribution in [1.29, 1.82) is 5.26 Å². The SMILES string of the molecule is CC12CCCN1CC(F)C2.CCc1nc2c(c(N3CC(c4nccn4C)C3)n1)CCCCCC(C)c1ccc(N)c(C#N)c1C2. The van der Waals surface area contributed by atoms with Gasteiger partial charge in [0, 0.05) is 68.7 Å². The molecule has 240 valence electrons. The van der Waals surface area contributed by atoms with Crippen LogP contribution in [0.2, 0.25) is 0 Å². The van der Waals surface area contributed by atoms with E-state index in [4.69, 9.17) is 15.7 Å². The first-order valence-corrected chi connectivity index (χ1v) is 17.0. The lowest BCUT2D eigenvalue weighted by Gasteiger charge is -2.41. The Morgan fingerprint density at radius 1 is 1.11 bits per heavy atom. The van der Waals surface area contributed by atoms with Crippen LogP contribution in [0.25, 0.3) is 0 Å². The van der Waals surface area contributed by atoms with Gasteiger partial charge >= 0.3 is 0 Å². The lowest BCUT2D eigenvalue weighted by molar-refractivity contribution is 0.217. The predicted octanol–water partition coefficient (Wildman–Crippen LogP) is 6.22. The topological polar surface area (TPSA) is 99.9 Å². The molecule has 3 saturated heterocycles. The summed E-state index contributed by atoms with van der Waals surface area (Å²) in [4.78, 5) is 19.4. The van der Waals surface area contributed by atoms with E-state index in [1.807, 2.05) is 18.5 Å². The zero-order valence-electron chi connectivity index (χ0n) is 27.5. The minimum Gasteiger partial charge on any atom is -0.398 e. The molecule has 3 fully saturated rings. The van der Waals surface area contributed by atoms with Crippen molar-refractivity contribution in [1.82, 2.24) is 24.4 Å². The van der Waals surface area contributed by atoms with Gasteiger partial charge in [-0.3, -0.25) is 4.90 Å². The Hall–Kier alpha value is -3.51. The van der Waals surface area contributed by atoms with E-state index < -0.39 is 6.17 Å². The average Bonchev–Trinajstić information content (AvgIpc) is 3.64. The van der Waals surface area contributed by atoms with Gasteiger partial charge in [0.05, 0.1) is 17.2 Å². The van der Waals surface area contributed by atoms with Crippen LogP contribution in [0.4, 0.5) is 15.9 Å². The predicted molar refractivity (Wildman–Crippen MR) is 177 cm³/mol. The first-order valence-electron chi connectivity index (χ1n) is 17.0. The second-order valence-electron chi connectivity index (χ2n) is 14.0. The molecule has 0 spiro atoms. The molecular weight excluding hydrogens is 563 g/mol. The fraction of sp³-hybridized carbons (Fsp3) is 0.611. The maximum absolute atomic E-state index is 12.8. The Bertz CT molecular complexity index is 1550. The summed E-state index contributed by atoms with van der Waals surface area (Å²) < 4.78 is 15.0. The van der Waals surface area contributed by atoms with Gasteiger partial charge < -0.3 is 15.2 Å². The number of alkyl halides is 1. The van der Waals surface area contributed by atoms with Crippen LogP contribution in [0.3, 0.4) is 0 Å². The summed E-state index contributed by atoms with van der Waals surface area (Å²) in [5.74, 6) is 3.88. The molecule has 0 saturated carbocycles. The van der Waals surface area contributed by atoms with Crippen molar-refractivity contribution in [2.45, 2.75) is 109 Å². The van der Waals surface area contributed by atoms with Crippen molar-refractivity contribution in [3.05, 3.63) is 64.1 Å². The molecule has 0 amide bonds. The highest BCUT2D eigenvalue weighted by molar-refractivity contribution is 5.62. The molecule has 45 heavy (non-hydrogen) atoms. The van der Waals surface area contributed by atoms with Crippen molar-refractivity contribution < 1.29 is 4.39 Å². The number of benzene rings is 1. The van der Waals surface area contributed by atoms with E-state index in [1.54, 1.807) is 0 Å². The maximum Gasteiger partial charge on any atom is 0.135 e. The second kappa shape index (κ2) is 13.1. The lowest BCUT2D eigenvalue weighted by Crippen LogP contribution is -2.47. The Morgan fingerprint density at radius 3 is 2.64 bits per heavy atom. The number of aromatic nitrogens is 4. The van der Waals surface area contributed by atoms with Gasteiger partial charge in [0.1, 0.15) is 29.7 Å². The number of nitrogen functional groups attached to an aromatic ring is 1. The summed E-state index contributed by atoms with van der Waals surface area (Å²) in [6.07, 6.45) is 13.6. The Kier molecular flexibility index (Phi) is 9.15. The lowest BCUT2D eigenvalue weighted by atomic mass is 9.86. The van der Waals surface area contributed by atoms with Gasteiger partial charge in [-0.05, 0) is 75.1 Å². The second-order valence-corrected chi connectivity index (χ2v) is 14.0. The van der Waals surface area contributed by atoms with E-state index >= 15 is 0 Å². The maximum atomic E-state index is 12.8. The number of anilines is 2. The van der Waals surface area contributed by atoms with Gasteiger partial charge in [-0.15, -0.1) is 0 Å². The number of halogens is 1. The summed E-state index contributed by atoms with van der Waals surface area (Å²) in [6, 6.07) is 6.43. The van der Waals surface area contributed by atoms with E-state index in [0.717, 1.165) is 80.5 Å². The van der Waals surface area contributed by atoms with Crippen molar-refractivity contribution in [3.63, 3.8) is 0 Å². The smallest absolute Gasteiger partial charge is 0.135 e. The molecule has 7 rings (SSSR count). The van der Waals surface area contributed by atoms with Gasteiger partial charge in [0.25, 0.3) is 0 Å².